The zero-order valence-electron chi connectivity index (χ0n) is 11.2. The SMILES string of the molecule is CC(C)c1nc2ccc3nc(C(C)C)[nH]c3c2[nH]1. The van der Waals surface area contributed by atoms with Crippen molar-refractivity contribution in [2.75, 3.05) is 0 Å². The lowest BCUT2D eigenvalue weighted by Gasteiger charge is -1.96. The monoisotopic (exact) mass is 242 g/mol. The molecule has 3 rings (SSSR count). The summed E-state index contributed by atoms with van der Waals surface area (Å²) in [4.78, 5) is 16.0. The lowest BCUT2D eigenvalue weighted by Crippen LogP contribution is -1.89. The first kappa shape index (κ1) is 11.3. The number of rotatable bonds is 2. The van der Waals surface area contributed by atoms with Gasteiger partial charge in [-0.2, -0.15) is 0 Å². The maximum atomic E-state index is 4.61. The molecule has 2 heterocycles. The van der Waals surface area contributed by atoms with E-state index in [-0.39, 0.29) is 0 Å². The van der Waals surface area contributed by atoms with Crippen molar-refractivity contribution in [3.63, 3.8) is 0 Å². The van der Waals surface area contributed by atoms with Crippen molar-refractivity contribution < 1.29 is 0 Å². The molecule has 0 bridgehead atoms. The van der Waals surface area contributed by atoms with Crippen LogP contribution in [0.4, 0.5) is 0 Å². The van der Waals surface area contributed by atoms with Crippen LogP contribution in [0.5, 0.6) is 0 Å². The van der Waals surface area contributed by atoms with E-state index in [2.05, 4.69) is 47.6 Å². The van der Waals surface area contributed by atoms with Gasteiger partial charge in [-0.15, -0.1) is 0 Å². The van der Waals surface area contributed by atoms with Gasteiger partial charge in [0.25, 0.3) is 0 Å². The van der Waals surface area contributed by atoms with Gasteiger partial charge in [-0.3, -0.25) is 0 Å². The summed E-state index contributed by atoms with van der Waals surface area (Å²) in [5.74, 6) is 2.86. The molecule has 4 nitrogen and oxygen atoms in total. The van der Waals surface area contributed by atoms with Crippen LogP contribution in [0.15, 0.2) is 12.1 Å². The number of H-pyrrole nitrogens is 2. The summed E-state index contributed by atoms with van der Waals surface area (Å²) in [5.41, 5.74) is 4.14. The van der Waals surface area contributed by atoms with Crippen LogP contribution in [0.2, 0.25) is 0 Å². The predicted molar refractivity (Wildman–Crippen MR) is 73.9 cm³/mol. The van der Waals surface area contributed by atoms with Gasteiger partial charge in [0.1, 0.15) is 11.6 Å². The van der Waals surface area contributed by atoms with Gasteiger partial charge in [0, 0.05) is 11.8 Å². The van der Waals surface area contributed by atoms with Crippen LogP contribution in [-0.4, -0.2) is 19.9 Å². The normalized spacial score (nSPS) is 12.3. The van der Waals surface area contributed by atoms with Crippen molar-refractivity contribution in [1.29, 1.82) is 0 Å². The van der Waals surface area contributed by atoms with E-state index in [0.717, 1.165) is 33.7 Å². The molecule has 0 aliphatic rings. The van der Waals surface area contributed by atoms with Crippen LogP contribution < -0.4 is 0 Å². The maximum Gasteiger partial charge on any atom is 0.109 e. The summed E-state index contributed by atoms with van der Waals surface area (Å²) in [6.45, 7) is 8.56. The Kier molecular flexibility index (Phi) is 2.40. The smallest absolute Gasteiger partial charge is 0.109 e. The molecule has 0 saturated heterocycles. The van der Waals surface area contributed by atoms with Gasteiger partial charge in [0.15, 0.2) is 0 Å². The molecule has 3 aromatic rings. The fourth-order valence-electron chi connectivity index (χ4n) is 2.14. The van der Waals surface area contributed by atoms with E-state index < -0.39 is 0 Å². The Bertz CT molecular complexity index is 642. The van der Waals surface area contributed by atoms with Crippen molar-refractivity contribution >= 4 is 22.1 Å². The van der Waals surface area contributed by atoms with Crippen LogP contribution >= 0.6 is 0 Å². The number of hydrogen-bond acceptors (Lipinski definition) is 2. The number of aromatic amines is 2. The van der Waals surface area contributed by atoms with Crippen molar-refractivity contribution in [2.45, 2.75) is 39.5 Å². The van der Waals surface area contributed by atoms with Crippen molar-refractivity contribution in [3.05, 3.63) is 23.8 Å². The lowest BCUT2D eigenvalue weighted by atomic mass is 10.2. The topological polar surface area (TPSA) is 57.4 Å². The molecule has 94 valence electrons. The molecule has 18 heavy (non-hydrogen) atoms. The highest BCUT2D eigenvalue weighted by Crippen LogP contribution is 2.25. The molecule has 0 atom stereocenters. The molecule has 0 fully saturated rings. The summed E-state index contributed by atoms with van der Waals surface area (Å²) in [5, 5.41) is 0. The van der Waals surface area contributed by atoms with Crippen molar-refractivity contribution in [2.24, 2.45) is 0 Å². The van der Waals surface area contributed by atoms with Crippen LogP contribution in [0.3, 0.4) is 0 Å². The molecular weight excluding hydrogens is 224 g/mol. The molecular formula is C14H18N4. The van der Waals surface area contributed by atoms with Crippen LogP contribution in [0, 0.1) is 0 Å². The zero-order chi connectivity index (χ0) is 12.9. The number of nitrogens with zero attached hydrogens (tertiary/aromatic N) is 2. The summed E-state index contributed by atoms with van der Waals surface area (Å²) in [6, 6.07) is 4.07. The standard InChI is InChI=1S/C14H18N4/c1-7(2)13-15-9-5-6-10-12(11(9)17-13)18-14(16-10)8(3)4/h5-8H,1-4H3,(H,15,17)(H,16,18). The Balaban J connectivity index is 2.30. The van der Waals surface area contributed by atoms with Crippen LogP contribution in [0.1, 0.15) is 51.2 Å². The fourth-order valence-corrected chi connectivity index (χ4v) is 2.14. The summed E-state index contributed by atoms with van der Waals surface area (Å²) in [7, 11) is 0. The van der Waals surface area contributed by atoms with Crippen LogP contribution in [-0.2, 0) is 0 Å². The summed E-state index contributed by atoms with van der Waals surface area (Å²) < 4.78 is 0. The van der Waals surface area contributed by atoms with E-state index in [1.54, 1.807) is 0 Å². The number of fused-ring (bicyclic) bond motifs is 3. The molecule has 2 N–H and O–H groups in total. The Morgan fingerprint density at radius 2 is 1.17 bits per heavy atom. The molecule has 0 spiro atoms. The minimum absolute atomic E-state index is 0.403. The van der Waals surface area contributed by atoms with E-state index in [1.165, 1.54) is 0 Å². The Morgan fingerprint density at radius 3 is 1.50 bits per heavy atom. The first-order chi connectivity index (χ1) is 8.56. The number of aromatic nitrogens is 4. The Morgan fingerprint density at radius 1 is 0.778 bits per heavy atom. The second kappa shape index (κ2) is 3.83. The molecule has 0 aliphatic carbocycles. The molecule has 0 saturated carbocycles. The summed E-state index contributed by atoms with van der Waals surface area (Å²) >= 11 is 0. The van der Waals surface area contributed by atoms with Gasteiger partial charge in [-0.1, -0.05) is 27.7 Å². The number of nitrogens with one attached hydrogen (secondary N) is 2. The first-order valence-corrected chi connectivity index (χ1v) is 6.44. The van der Waals surface area contributed by atoms with E-state index in [9.17, 15) is 0 Å². The van der Waals surface area contributed by atoms with Crippen molar-refractivity contribution in [3.8, 4) is 0 Å². The third kappa shape index (κ3) is 1.60. The van der Waals surface area contributed by atoms with E-state index >= 15 is 0 Å². The maximum absolute atomic E-state index is 4.61. The van der Waals surface area contributed by atoms with Gasteiger partial charge in [0.2, 0.25) is 0 Å². The van der Waals surface area contributed by atoms with Gasteiger partial charge in [0.05, 0.1) is 22.1 Å². The molecule has 4 heteroatoms. The third-order valence-electron chi connectivity index (χ3n) is 3.24. The quantitative estimate of drug-likeness (QED) is 0.720. The van der Waals surface area contributed by atoms with Gasteiger partial charge >= 0.3 is 0 Å². The summed E-state index contributed by atoms with van der Waals surface area (Å²) in [6.07, 6.45) is 0. The highest BCUT2D eigenvalue weighted by Gasteiger charge is 2.13. The molecule has 0 aliphatic heterocycles. The average molecular weight is 242 g/mol. The number of hydrogen-bond donors (Lipinski definition) is 2. The highest BCUT2D eigenvalue weighted by molar-refractivity contribution is 6.00. The molecule has 2 aromatic heterocycles. The zero-order valence-corrected chi connectivity index (χ0v) is 11.2. The van der Waals surface area contributed by atoms with E-state index in [0.29, 0.717) is 11.8 Å². The minimum atomic E-state index is 0.403. The van der Waals surface area contributed by atoms with Gasteiger partial charge in [-0.05, 0) is 12.1 Å². The second-order valence-corrected chi connectivity index (χ2v) is 5.41. The Labute approximate surface area is 106 Å². The predicted octanol–water partition coefficient (Wildman–Crippen LogP) is 3.69. The minimum Gasteiger partial charge on any atom is -0.340 e. The van der Waals surface area contributed by atoms with E-state index in [1.807, 2.05) is 12.1 Å². The van der Waals surface area contributed by atoms with Crippen molar-refractivity contribution in [1.82, 2.24) is 19.9 Å². The number of benzene rings is 1. The molecule has 1 aromatic carbocycles. The van der Waals surface area contributed by atoms with Crippen LogP contribution in [0.25, 0.3) is 22.1 Å². The average Bonchev–Trinajstić information content (AvgIpc) is 2.91. The molecule has 0 amide bonds. The van der Waals surface area contributed by atoms with Gasteiger partial charge in [-0.25, -0.2) is 9.97 Å². The lowest BCUT2D eigenvalue weighted by molar-refractivity contribution is 0.797. The first-order valence-electron chi connectivity index (χ1n) is 6.44. The highest BCUT2D eigenvalue weighted by atomic mass is 15.0. The fraction of sp³-hybridized carbons (Fsp3) is 0.429. The largest absolute Gasteiger partial charge is 0.340 e. The molecule has 0 radical (unpaired) electrons. The van der Waals surface area contributed by atoms with E-state index in [4.69, 9.17) is 0 Å². The van der Waals surface area contributed by atoms with Gasteiger partial charge < -0.3 is 9.97 Å². The molecule has 0 unspecified atom stereocenters. The second-order valence-electron chi connectivity index (χ2n) is 5.41. The number of imidazole rings is 2. The third-order valence-corrected chi connectivity index (χ3v) is 3.24. The Hall–Kier alpha value is -1.84.